The number of ether oxygens (including phenoxy) is 1. The van der Waals surface area contributed by atoms with Crippen LogP contribution in [0.1, 0.15) is 40.8 Å². The predicted molar refractivity (Wildman–Crippen MR) is 130 cm³/mol. The third-order valence-corrected chi connectivity index (χ3v) is 7.54. The smallest absolute Gasteiger partial charge is 0.337 e. The third-order valence-electron chi connectivity index (χ3n) is 6.33. The molecule has 1 aliphatic rings. The van der Waals surface area contributed by atoms with Gasteiger partial charge in [-0.05, 0) is 43.7 Å². The first kappa shape index (κ1) is 23.4. The summed E-state index contributed by atoms with van der Waals surface area (Å²) in [6.45, 7) is 8.11. The van der Waals surface area contributed by atoms with Crippen molar-refractivity contribution in [3.63, 3.8) is 0 Å². The van der Waals surface area contributed by atoms with Crippen molar-refractivity contribution in [1.82, 2.24) is 20.1 Å². The van der Waals surface area contributed by atoms with Gasteiger partial charge in [-0.2, -0.15) is 0 Å². The zero-order valence-corrected chi connectivity index (χ0v) is 20.1. The Morgan fingerprint density at radius 3 is 2.36 bits per heavy atom. The number of methoxy groups -OCH3 is 1. The fourth-order valence-electron chi connectivity index (χ4n) is 4.12. The summed E-state index contributed by atoms with van der Waals surface area (Å²) in [5.41, 5.74) is 2.50. The summed E-state index contributed by atoms with van der Waals surface area (Å²) in [5.74, 6) is -0.351. The van der Waals surface area contributed by atoms with Gasteiger partial charge in [0, 0.05) is 32.7 Å². The van der Waals surface area contributed by atoms with Gasteiger partial charge >= 0.3 is 5.97 Å². The SMILES string of the molecule is COC(=O)c1ccc(CNC(=O)[C@H](C)N2CCN([C@@H](C)c3nc4ccccc4s3)CC2)cc1. The predicted octanol–water partition coefficient (Wildman–Crippen LogP) is 3.47. The molecule has 1 fully saturated rings. The number of amides is 1. The Hall–Kier alpha value is -2.81. The van der Waals surface area contributed by atoms with Crippen LogP contribution in [0.5, 0.6) is 0 Å². The number of hydrogen-bond acceptors (Lipinski definition) is 7. The largest absolute Gasteiger partial charge is 0.465 e. The van der Waals surface area contributed by atoms with Gasteiger partial charge < -0.3 is 10.1 Å². The van der Waals surface area contributed by atoms with E-state index in [1.54, 1.807) is 23.5 Å². The molecule has 1 aliphatic heterocycles. The van der Waals surface area contributed by atoms with Crippen LogP contribution in [0.4, 0.5) is 0 Å². The summed E-state index contributed by atoms with van der Waals surface area (Å²) < 4.78 is 5.94. The molecule has 2 atom stereocenters. The van der Waals surface area contributed by atoms with Crippen LogP contribution < -0.4 is 5.32 Å². The molecule has 2 aromatic carbocycles. The third kappa shape index (κ3) is 5.40. The average Bonchev–Trinajstić information content (AvgIpc) is 3.30. The Labute approximate surface area is 198 Å². The van der Waals surface area contributed by atoms with Gasteiger partial charge in [-0.1, -0.05) is 24.3 Å². The van der Waals surface area contributed by atoms with Gasteiger partial charge in [0.1, 0.15) is 5.01 Å². The van der Waals surface area contributed by atoms with Gasteiger partial charge in [-0.25, -0.2) is 9.78 Å². The maximum Gasteiger partial charge on any atom is 0.337 e. The molecule has 174 valence electrons. The minimum atomic E-state index is -0.365. The quantitative estimate of drug-likeness (QED) is 0.538. The van der Waals surface area contributed by atoms with Crippen molar-refractivity contribution in [2.45, 2.75) is 32.5 Å². The van der Waals surface area contributed by atoms with Crippen LogP contribution in [-0.4, -0.2) is 66.0 Å². The minimum absolute atomic E-state index is 0.0136. The molecule has 7 nitrogen and oxygen atoms in total. The molecule has 1 N–H and O–H groups in total. The number of esters is 1. The highest BCUT2D eigenvalue weighted by atomic mass is 32.1. The lowest BCUT2D eigenvalue weighted by atomic mass is 10.1. The molecule has 0 saturated carbocycles. The highest BCUT2D eigenvalue weighted by Crippen LogP contribution is 2.30. The van der Waals surface area contributed by atoms with Crippen LogP contribution in [0.25, 0.3) is 10.2 Å². The molecule has 2 heterocycles. The van der Waals surface area contributed by atoms with Crippen molar-refractivity contribution >= 4 is 33.4 Å². The number of hydrogen-bond donors (Lipinski definition) is 1. The maximum atomic E-state index is 12.7. The Balaban J connectivity index is 1.26. The molecule has 4 rings (SSSR count). The monoisotopic (exact) mass is 466 g/mol. The number of thiazole rings is 1. The fourth-order valence-corrected chi connectivity index (χ4v) is 5.17. The number of benzene rings is 2. The van der Waals surface area contributed by atoms with Crippen LogP contribution in [0, 0.1) is 0 Å². The molecule has 1 amide bonds. The molecule has 0 spiro atoms. The van der Waals surface area contributed by atoms with Crippen molar-refractivity contribution < 1.29 is 14.3 Å². The number of aromatic nitrogens is 1. The summed E-state index contributed by atoms with van der Waals surface area (Å²) in [5, 5.41) is 4.16. The Bertz CT molecular complexity index is 1070. The summed E-state index contributed by atoms with van der Waals surface area (Å²) in [4.78, 5) is 33.8. The van der Waals surface area contributed by atoms with E-state index in [0.717, 1.165) is 42.3 Å². The zero-order valence-electron chi connectivity index (χ0n) is 19.3. The van der Waals surface area contributed by atoms with Gasteiger partial charge in [-0.15, -0.1) is 11.3 Å². The highest BCUT2D eigenvalue weighted by Gasteiger charge is 2.28. The summed E-state index contributed by atoms with van der Waals surface area (Å²) in [6.07, 6.45) is 0. The standard InChI is InChI=1S/C25H30N4O3S/c1-17(23(30)26-16-19-8-10-20(11-9-19)25(31)32-3)28-12-14-29(15-13-28)18(2)24-27-21-6-4-5-7-22(21)33-24/h4-11,17-18H,12-16H2,1-3H3,(H,26,30)/t17-,18-/m0/s1. The van der Waals surface area contributed by atoms with Gasteiger partial charge in [0.15, 0.2) is 0 Å². The van der Waals surface area contributed by atoms with Gasteiger partial charge in [0.2, 0.25) is 5.91 Å². The number of rotatable bonds is 7. The molecule has 3 aromatic rings. The molecule has 8 heteroatoms. The Kier molecular flexibility index (Phi) is 7.37. The lowest BCUT2D eigenvalue weighted by Crippen LogP contribution is -2.54. The van der Waals surface area contributed by atoms with E-state index in [1.807, 2.05) is 25.1 Å². The topological polar surface area (TPSA) is 74.8 Å². The van der Waals surface area contributed by atoms with Crippen molar-refractivity contribution in [3.05, 3.63) is 64.7 Å². The number of para-hydroxylation sites is 1. The second-order valence-electron chi connectivity index (χ2n) is 8.35. The Morgan fingerprint density at radius 2 is 1.70 bits per heavy atom. The average molecular weight is 467 g/mol. The number of carbonyl (C=O) groups excluding carboxylic acids is 2. The lowest BCUT2D eigenvalue weighted by Gasteiger charge is -2.39. The van der Waals surface area contributed by atoms with Crippen molar-refractivity contribution in [2.75, 3.05) is 33.3 Å². The van der Waals surface area contributed by atoms with Gasteiger partial charge in [0.25, 0.3) is 0 Å². The van der Waals surface area contributed by atoms with E-state index in [-0.39, 0.29) is 24.0 Å². The summed E-state index contributed by atoms with van der Waals surface area (Å²) >= 11 is 1.76. The van der Waals surface area contributed by atoms with E-state index in [0.29, 0.717) is 12.1 Å². The number of carbonyl (C=O) groups is 2. The molecule has 0 radical (unpaired) electrons. The van der Waals surface area contributed by atoms with Gasteiger partial charge in [-0.3, -0.25) is 14.6 Å². The second kappa shape index (κ2) is 10.4. The first-order chi connectivity index (χ1) is 16.0. The van der Waals surface area contributed by atoms with Crippen molar-refractivity contribution in [3.8, 4) is 0 Å². The zero-order chi connectivity index (χ0) is 23.4. The first-order valence-corrected chi connectivity index (χ1v) is 12.1. The molecule has 0 unspecified atom stereocenters. The van der Waals surface area contributed by atoms with Crippen LogP contribution in [0.3, 0.4) is 0 Å². The van der Waals surface area contributed by atoms with E-state index in [9.17, 15) is 9.59 Å². The van der Waals surface area contributed by atoms with E-state index < -0.39 is 0 Å². The first-order valence-electron chi connectivity index (χ1n) is 11.2. The van der Waals surface area contributed by atoms with E-state index in [2.05, 4.69) is 40.2 Å². The molecule has 1 saturated heterocycles. The fraction of sp³-hybridized carbons (Fsp3) is 0.400. The molecular weight excluding hydrogens is 436 g/mol. The van der Waals surface area contributed by atoms with Crippen LogP contribution in [-0.2, 0) is 16.1 Å². The number of piperazine rings is 1. The van der Waals surface area contributed by atoms with Crippen LogP contribution in [0.2, 0.25) is 0 Å². The number of fused-ring (bicyclic) bond motifs is 1. The van der Waals surface area contributed by atoms with E-state index >= 15 is 0 Å². The van der Waals surface area contributed by atoms with Crippen LogP contribution >= 0.6 is 11.3 Å². The molecule has 1 aromatic heterocycles. The maximum absolute atomic E-state index is 12.7. The Morgan fingerprint density at radius 1 is 1.03 bits per heavy atom. The molecular formula is C25H30N4O3S. The number of nitrogens with one attached hydrogen (secondary N) is 1. The summed E-state index contributed by atoms with van der Waals surface area (Å²) in [7, 11) is 1.36. The molecule has 33 heavy (non-hydrogen) atoms. The normalized spacial score (nSPS) is 16.9. The minimum Gasteiger partial charge on any atom is -0.465 e. The van der Waals surface area contributed by atoms with E-state index in [4.69, 9.17) is 9.72 Å². The highest BCUT2D eigenvalue weighted by molar-refractivity contribution is 7.18. The van der Waals surface area contributed by atoms with Crippen molar-refractivity contribution in [1.29, 1.82) is 0 Å². The van der Waals surface area contributed by atoms with E-state index in [1.165, 1.54) is 11.8 Å². The molecule has 0 aliphatic carbocycles. The van der Waals surface area contributed by atoms with Crippen molar-refractivity contribution in [2.24, 2.45) is 0 Å². The lowest BCUT2D eigenvalue weighted by molar-refractivity contribution is -0.126. The van der Waals surface area contributed by atoms with Crippen LogP contribution in [0.15, 0.2) is 48.5 Å². The molecule has 0 bridgehead atoms. The second-order valence-corrected chi connectivity index (χ2v) is 9.41. The van der Waals surface area contributed by atoms with Gasteiger partial charge in [0.05, 0.1) is 35.0 Å². The summed E-state index contributed by atoms with van der Waals surface area (Å²) in [6, 6.07) is 15.4. The number of nitrogens with zero attached hydrogens (tertiary/aromatic N) is 3.